The molecule has 0 unspecified atom stereocenters. The fourth-order valence-electron chi connectivity index (χ4n) is 1.74. The number of benzene rings is 2. The molecular formula is C15H14Cl2FNO. The van der Waals surface area contributed by atoms with Crippen molar-refractivity contribution in [2.24, 2.45) is 0 Å². The molecule has 0 fully saturated rings. The van der Waals surface area contributed by atoms with Crippen LogP contribution in [0.4, 0.5) is 4.39 Å². The van der Waals surface area contributed by atoms with Gasteiger partial charge in [0.2, 0.25) is 0 Å². The monoisotopic (exact) mass is 313 g/mol. The van der Waals surface area contributed by atoms with Crippen LogP contribution in [0, 0.1) is 5.82 Å². The number of halogens is 3. The quantitative estimate of drug-likeness (QED) is 0.835. The first-order valence-electron chi connectivity index (χ1n) is 6.23. The molecule has 0 aliphatic rings. The lowest BCUT2D eigenvalue weighted by Gasteiger charge is -2.13. The molecule has 0 aliphatic heterocycles. The van der Waals surface area contributed by atoms with Crippen LogP contribution >= 0.6 is 23.2 Å². The lowest BCUT2D eigenvalue weighted by Crippen LogP contribution is -2.13. The van der Waals surface area contributed by atoms with E-state index in [0.717, 1.165) is 6.54 Å². The zero-order chi connectivity index (χ0) is 14.5. The van der Waals surface area contributed by atoms with Crippen molar-refractivity contribution in [1.29, 1.82) is 0 Å². The summed E-state index contributed by atoms with van der Waals surface area (Å²) in [5.41, 5.74) is 0.463. The highest BCUT2D eigenvalue weighted by Crippen LogP contribution is 2.36. The van der Waals surface area contributed by atoms with Gasteiger partial charge in [-0.15, -0.1) is 0 Å². The Labute approximate surface area is 127 Å². The van der Waals surface area contributed by atoms with E-state index >= 15 is 0 Å². The molecule has 20 heavy (non-hydrogen) atoms. The summed E-state index contributed by atoms with van der Waals surface area (Å²) in [6.07, 6.45) is 0. The molecule has 0 radical (unpaired) electrons. The maximum Gasteiger partial charge on any atom is 0.147 e. The molecule has 0 saturated carbocycles. The zero-order valence-electron chi connectivity index (χ0n) is 10.9. The number of hydrogen-bond acceptors (Lipinski definition) is 2. The number of nitrogens with one attached hydrogen (secondary N) is 1. The summed E-state index contributed by atoms with van der Waals surface area (Å²) in [5.74, 6) is 0.513. The van der Waals surface area contributed by atoms with E-state index in [-0.39, 0.29) is 5.82 Å². The topological polar surface area (TPSA) is 21.3 Å². The van der Waals surface area contributed by atoms with E-state index in [2.05, 4.69) is 5.32 Å². The molecule has 0 aliphatic carbocycles. The van der Waals surface area contributed by atoms with Gasteiger partial charge in [-0.2, -0.15) is 0 Å². The third kappa shape index (κ3) is 3.42. The Bertz CT molecular complexity index is 604. The standard InChI is InChI=1S/C15H14Cl2FNO/c1-2-19-9-10-12(18)6-4-7-13(10)20-14-8-3-5-11(16)15(14)17/h3-8,19H,2,9H2,1H3. The zero-order valence-corrected chi connectivity index (χ0v) is 12.4. The van der Waals surface area contributed by atoms with Gasteiger partial charge in [0.1, 0.15) is 22.3 Å². The van der Waals surface area contributed by atoms with Crippen LogP contribution in [0.25, 0.3) is 0 Å². The Morgan fingerprint density at radius 3 is 2.55 bits per heavy atom. The molecule has 0 atom stereocenters. The largest absolute Gasteiger partial charge is 0.455 e. The first kappa shape index (κ1) is 15.1. The number of ether oxygens (including phenoxy) is 1. The van der Waals surface area contributed by atoms with Crippen LogP contribution in [0.2, 0.25) is 10.0 Å². The lowest BCUT2D eigenvalue weighted by molar-refractivity contribution is 0.463. The molecule has 106 valence electrons. The van der Waals surface area contributed by atoms with E-state index in [9.17, 15) is 4.39 Å². The van der Waals surface area contributed by atoms with Gasteiger partial charge >= 0.3 is 0 Å². The third-order valence-electron chi connectivity index (χ3n) is 2.76. The summed E-state index contributed by atoms with van der Waals surface area (Å²) in [6.45, 7) is 3.08. The van der Waals surface area contributed by atoms with Gasteiger partial charge in [-0.1, -0.05) is 42.3 Å². The minimum atomic E-state index is -0.318. The van der Waals surface area contributed by atoms with Gasteiger partial charge in [0.15, 0.2) is 0 Å². The number of hydrogen-bond donors (Lipinski definition) is 1. The molecule has 0 saturated heterocycles. The fraction of sp³-hybridized carbons (Fsp3) is 0.200. The first-order valence-corrected chi connectivity index (χ1v) is 6.99. The molecule has 1 N–H and O–H groups in total. The smallest absolute Gasteiger partial charge is 0.147 e. The molecule has 0 spiro atoms. The summed E-state index contributed by atoms with van der Waals surface area (Å²) >= 11 is 12.0. The van der Waals surface area contributed by atoms with Crippen molar-refractivity contribution in [2.75, 3.05) is 6.54 Å². The Morgan fingerprint density at radius 1 is 1.10 bits per heavy atom. The van der Waals surface area contributed by atoms with Crippen LogP contribution in [-0.2, 0) is 6.54 Å². The molecule has 2 rings (SSSR count). The van der Waals surface area contributed by atoms with E-state index in [1.165, 1.54) is 6.07 Å². The van der Waals surface area contributed by atoms with Crippen molar-refractivity contribution >= 4 is 23.2 Å². The van der Waals surface area contributed by atoms with E-state index in [1.807, 2.05) is 6.92 Å². The van der Waals surface area contributed by atoms with Crippen LogP contribution in [0.5, 0.6) is 11.5 Å². The van der Waals surface area contributed by atoms with Crippen molar-refractivity contribution in [2.45, 2.75) is 13.5 Å². The average Bonchev–Trinajstić information content (AvgIpc) is 2.43. The van der Waals surface area contributed by atoms with Crippen LogP contribution in [0.15, 0.2) is 36.4 Å². The Hall–Kier alpha value is -1.29. The summed E-state index contributed by atoms with van der Waals surface area (Å²) in [7, 11) is 0. The second-order valence-corrected chi connectivity index (χ2v) is 4.94. The summed E-state index contributed by atoms with van der Waals surface area (Å²) in [5, 5.41) is 3.79. The van der Waals surface area contributed by atoms with Crippen LogP contribution < -0.4 is 10.1 Å². The SMILES string of the molecule is CCNCc1c(F)cccc1Oc1cccc(Cl)c1Cl. The Kier molecular flexibility index (Phi) is 5.24. The van der Waals surface area contributed by atoms with Gasteiger partial charge in [0.25, 0.3) is 0 Å². The predicted molar refractivity (Wildman–Crippen MR) is 80.3 cm³/mol. The van der Waals surface area contributed by atoms with E-state index in [1.54, 1.807) is 30.3 Å². The predicted octanol–water partition coefficient (Wildman–Crippen LogP) is 5.03. The van der Waals surface area contributed by atoms with Gasteiger partial charge in [0, 0.05) is 12.1 Å². The van der Waals surface area contributed by atoms with Crippen molar-refractivity contribution in [1.82, 2.24) is 5.32 Å². The minimum absolute atomic E-state index is 0.313. The highest BCUT2D eigenvalue weighted by molar-refractivity contribution is 6.42. The van der Waals surface area contributed by atoms with Crippen LogP contribution in [0.3, 0.4) is 0 Å². The molecule has 2 nitrogen and oxygen atoms in total. The van der Waals surface area contributed by atoms with Crippen molar-refractivity contribution in [3.05, 3.63) is 57.8 Å². The molecular weight excluding hydrogens is 300 g/mol. The fourth-order valence-corrected chi connectivity index (χ4v) is 2.07. The molecule has 0 bridgehead atoms. The van der Waals surface area contributed by atoms with Gasteiger partial charge in [-0.3, -0.25) is 0 Å². The minimum Gasteiger partial charge on any atom is -0.455 e. The molecule has 2 aromatic rings. The Balaban J connectivity index is 2.33. The third-order valence-corrected chi connectivity index (χ3v) is 3.57. The average molecular weight is 314 g/mol. The van der Waals surface area contributed by atoms with Crippen molar-refractivity contribution in [3.63, 3.8) is 0 Å². The van der Waals surface area contributed by atoms with E-state index in [4.69, 9.17) is 27.9 Å². The Morgan fingerprint density at radius 2 is 1.80 bits per heavy atom. The van der Waals surface area contributed by atoms with Crippen LogP contribution in [-0.4, -0.2) is 6.54 Å². The first-order chi connectivity index (χ1) is 9.63. The normalized spacial score (nSPS) is 10.6. The summed E-state index contributed by atoms with van der Waals surface area (Å²) in [6, 6.07) is 9.79. The summed E-state index contributed by atoms with van der Waals surface area (Å²) in [4.78, 5) is 0. The number of rotatable bonds is 5. The van der Waals surface area contributed by atoms with E-state index in [0.29, 0.717) is 33.7 Å². The maximum absolute atomic E-state index is 13.9. The molecule has 5 heteroatoms. The molecule has 0 aromatic heterocycles. The maximum atomic E-state index is 13.9. The lowest BCUT2D eigenvalue weighted by atomic mass is 10.2. The molecule has 2 aromatic carbocycles. The van der Waals surface area contributed by atoms with Crippen molar-refractivity contribution in [3.8, 4) is 11.5 Å². The second kappa shape index (κ2) is 6.93. The van der Waals surface area contributed by atoms with Gasteiger partial charge in [0.05, 0.1) is 5.02 Å². The van der Waals surface area contributed by atoms with Crippen LogP contribution in [0.1, 0.15) is 12.5 Å². The molecule has 0 heterocycles. The van der Waals surface area contributed by atoms with Gasteiger partial charge in [-0.05, 0) is 30.8 Å². The highest BCUT2D eigenvalue weighted by atomic mass is 35.5. The van der Waals surface area contributed by atoms with Gasteiger partial charge in [-0.25, -0.2) is 4.39 Å². The molecule has 0 amide bonds. The van der Waals surface area contributed by atoms with E-state index < -0.39 is 0 Å². The second-order valence-electron chi connectivity index (χ2n) is 4.15. The van der Waals surface area contributed by atoms with Crippen molar-refractivity contribution < 1.29 is 9.13 Å². The summed E-state index contributed by atoms with van der Waals surface area (Å²) < 4.78 is 19.6. The van der Waals surface area contributed by atoms with Gasteiger partial charge < -0.3 is 10.1 Å². The highest BCUT2D eigenvalue weighted by Gasteiger charge is 2.12.